The molecule has 2 aromatic carbocycles. The zero-order valence-electron chi connectivity index (χ0n) is 37.8. The van der Waals surface area contributed by atoms with Gasteiger partial charge < -0.3 is 25.2 Å². The molecule has 3 unspecified atom stereocenters. The summed E-state index contributed by atoms with van der Waals surface area (Å²) < 4.78 is 75.3. The number of unbranched alkanes of at least 4 members (excludes halogenated alkanes) is 3. The Hall–Kier alpha value is -5.00. The number of aromatic nitrogens is 2. The molecule has 4 N–H and O–H groups in total. The Kier molecular flexibility index (Phi) is 14.6. The van der Waals surface area contributed by atoms with E-state index < -0.39 is 52.7 Å². The van der Waals surface area contributed by atoms with Crippen LogP contribution in [0.4, 0.5) is 26.0 Å². The maximum Gasteiger partial charge on any atom is 0.351 e. The highest BCUT2D eigenvalue weighted by Gasteiger charge is 2.60. The molecule has 7 rings (SSSR count). The molecule has 17 heteroatoms. The third-order valence-corrected chi connectivity index (χ3v) is 14.4. The fourth-order valence-corrected chi connectivity index (χ4v) is 10.4. The molecule has 0 amide bonds. The topological polar surface area (TPSA) is 177 Å². The number of nitrogen functional groups attached to an aromatic ring is 1. The zero-order valence-corrected chi connectivity index (χ0v) is 39.3. The van der Waals surface area contributed by atoms with E-state index in [1.54, 1.807) is 0 Å². The van der Waals surface area contributed by atoms with E-state index in [4.69, 9.17) is 26.8 Å². The van der Waals surface area contributed by atoms with Crippen LogP contribution in [0.5, 0.6) is 0 Å². The minimum absolute atomic E-state index is 0.0429. The number of para-hydroxylation sites is 2. The monoisotopic (exact) mass is 950 g/mol. The number of hydrogen-bond donors (Lipinski definition) is 3. The lowest BCUT2D eigenvalue weighted by atomic mass is 9.81. The van der Waals surface area contributed by atoms with Crippen LogP contribution in [-0.4, -0.2) is 87.5 Å². The largest absolute Gasteiger partial charge is 0.463 e. The van der Waals surface area contributed by atoms with Gasteiger partial charge in [-0.3, -0.25) is 13.9 Å². The number of esters is 1. The fraction of sp³-hybridized carbons (Fsp3) is 0.469. The summed E-state index contributed by atoms with van der Waals surface area (Å²) in [6.45, 7) is 9.48. The van der Waals surface area contributed by atoms with Gasteiger partial charge in [0, 0.05) is 65.1 Å². The molecule has 0 saturated carbocycles. The highest BCUT2D eigenvalue weighted by molar-refractivity contribution is 7.85. The van der Waals surface area contributed by atoms with Crippen molar-refractivity contribution in [3.63, 3.8) is 0 Å². The number of alkyl halides is 2. The average molecular weight is 952 g/mol. The average Bonchev–Trinajstić information content (AvgIpc) is 3.72. The molecule has 0 radical (unpaired) electrons. The molecule has 354 valence electrons. The second-order valence-corrected chi connectivity index (χ2v) is 20.4. The summed E-state index contributed by atoms with van der Waals surface area (Å²) in [6, 6.07) is 17.8. The summed E-state index contributed by atoms with van der Waals surface area (Å²) in [5, 5.41) is 11.0. The molecule has 4 heterocycles. The summed E-state index contributed by atoms with van der Waals surface area (Å²) in [7, 11) is -4.03. The number of nitrogens with two attached hydrogens (primary N) is 1. The predicted molar refractivity (Wildman–Crippen MR) is 251 cm³/mol. The van der Waals surface area contributed by atoms with Gasteiger partial charge in [-0.25, -0.2) is 4.79 Å². The minimum atomic E-state index is -4.03. The molecule has 3 atom stereocenters. The molecule has 13 nitrogen and oxygen atoms in total. The van der Waals surface area contributed by atoms with Crippen molar-refractivity contribution in [1.82, 2.24) is 9.55 Å². The molecule has 0 spiro atoms. The van der Waals surface area contributed by atoms with Gasteiger partial charge in [0.05, 0.1) is 11.2 Å². The van der Waals surface area contributed by atoms with E-state index in [-0.39, 0.29) is 28.8 Å². The first-order chi connectivity index (χ1) is 31.2. The van der Waals surface area contributed by atoms with Crippen molar-refractivity contribution in [2.24, 2.45) is 0 Å². The quantitative estimate of drug-likeness (QED) is 0.0513. The number of hydrogen-bond acceptors (Lipinski definition) is 10. The van der Waals surface area contributed by atoms with Crippen LogP contribution in [0.15, 0.2) is 112 Å². The van der Waals surface area contributed by atoms with E-state index in [0.29, 0.717) is 43.3 Å². The van der Waals surface area contributed by atoms with Gasteiger partial charge in [-0.15, -0.1) is 0 Å². The van der Waals surface area contributed by atoms with Crippen LogP contribution in [0.2, 0.25) is 0 Å². The van der Waals surface area contributed by atoms with E-state index in [2.05, 4.69) is 90.7 Å². The van der Waals surface area contributed by atoms with E-state index in [1.807, 2.05) is 24.3 Å². The van der Waals surface area contributed by atoms with Crippen molar-refractivity contribution in [1.29, 1.82) is 0 Å². The number of aliphatic hydroxyl groups excluding tert-OH is 1. The van der Waals surface area contributed by atoms with Gasteiger partial charge in [0.2, 0.25) is 11.9 Å². The first-order valence-electron chi connectivity index (χ1n) is 22.5. The van der Waals surface area contributed by atoms with E-state index in [1.165, 1.54) is 11.1 Å². The molecular formula is C49H59ClF2N5O8S+. The Bertz CT molecular complexity index is 2670. The normalized spacial score (nSPS) is 23.3. The van der Waals surface area contributed by atoms with Crippen molar-refractivity contribution in [3.05, 3.63) is 129 Å². The Morgan fingerprint density at radius 2 is 1.71 bits per heavy atom. The van der Waals surface area contributed by atoms with Crippen LogP contribution >= 0.6 is 11.6 Å². The van der Waals surface area contributed by atoms with E-state index >= 15 is 0 Å². The third-order valence-electron chi connectivity index (χ3n) is 13.1. The second kappa shape index (κ2) is 19.7. The lowest BCUT2D eigenvalue weighted by molar-refractivity contribution is -0.438. The molecule has 4 aliphatic rings. The number of anilines is 2. The Labute approximate surface area is 389 Å². The van der Waals surface area contributed by atoms with Gasteiger partial charge >= 0.3 is 17.6 Å². The zero-order chi connectivity index (χ0) is 47.6. The number of nitrogens with zero attached hydrogens (tertiary/aromatic N) is 4. The van der Waals surface area contributed by atoms with Crippen LogP contribution in [0.3, 0.4) is 0 Å². The number of carbonyl (C=O) groups excluding carboxylic acids is 1. The summed E-state index contributed by atoms with van der Waals surface area (Å²) in [6.07, 6.45) is 9.08. The minimum Gasteiger partial charge on any atom is -0.463 e. The second-order valence-electron chi connectivity index (χ2n) is 18.4. The number of ether oxygens (including phenoxy) is 2. The van der Waals surface area contributed by atoms with Crippen LogP contribution < -0.4 is 16.3 Å². The molecule has 3 aliphatic heterocycles. The summed E-state index contributed by atoms with van der Waals surface area (Å²) in [4.78, 5) is 30.7. The number of fused-ring (bicyclic) bond motifs is 2. The van der Waals surface area contributed by atoms with Crippen LogP contribution in [-0.2, 0) is 35.2 Å². The van der Waals surface area contributed by atoms with Crippen LogP contribution in [0.25, 0.3) is 0 Å². The highest BCUT2D eigenvalue weighted by Crippen LogP contribution is 2.48. The van der Waals surface area contributed by atoms with Gasteiger partial charge in [-0.1, -0.05) is 80.4 Å². The standard InChI is InChI=1S/C49H58ClF2N5O8S/c1-47(2)34-17-7-9-19-36(34)55(27-11-5-6-21-42(58)64-31-38-44(59)49(51,52)45(65-38)57-29-26-41(53)54-46(57)60)39(47)24-22-32-15-14-16-33(43(32)50)23-25-40-48(3,4)35-18-8-10-20-37(35)56(40)28-12-13-30-66(61,62)63/h7-10,17-20,22-26,29,38,44-45,59H,5-6,11-16,21,27-28,30-31H2,1-4H3,(H2-,53,54,60,61,62,63)/p+1. The van der Waals surface area contributed by atoms with Gasteiger partial charge in [-0.2, -0.15) is 26.8 Å². The number of halogens is 3. The van der Waals surface area contributed by atoms with Gasteiger partial charge in [0.1, 0.15) is 25.1 Å². The first kappa shape index (κ1) is 48.9. The molecule has 1 saturated heterocycles. The molecule has 1 fully saturated rings. The SMILES string of the molecule is CC1(C)C(/C=C/C2=C(Cl)C(=C/C=C3/N(CCCCCC(=O)OCC4OC(n5ccc(N)nc5=O)C(F)(F)C4O)c4ccccc4C3(C)C)/CCC2)=[N+](CCCCS(=O)(=O)O)c2ccccc21. The van der Waals surface area contributed by atoms with Crippen molar-refractivity contribution in [2.75, 3.05) is 36.1 Å². The first-order valence-corrected chi connectivity index (χ1v) is 24.5. The van der Waals surface area contributed by atoms with E-state index in [0.717, 1.165) is 76.9 Å². The maximum absolute atomic E-state index is 14.9. The van der Waals surface area contributed by atoms with Crippen molar-refractivity contribution >= 4 is 50.6 Å². The van der Waals surface area contributed by atoms with Crippen molar-refractivity contribution < 1.29 is 45.7 Å². The predicted octanol–water partition coefficient (Wildman–Crippen LogP) is 8.41. The lowest BCUT2D eigenvalue weighted by Crippen LogP contribution is -2.42. The van der Waals surface area contributed by atoms with Crippen molar-refractivity contribution in [2.45, 2.75) is 121 Å². The van der Waals surface area contributed by atoms with Crippen LogP contribution in [0, 0.1) is 0 Å². The number of benzene rings is 2. The Morgan fingerprint density at radius 3 is 2.45 bits per heavy atom. The Morgan fingerprint density at radius 1 is 0.985 bits per heavy atom. The number of aliphatic hydroxyl groups is 1. The Balaban J connectivity index is 0.998. The number of rotatable bonds is 17. The summed E-state index contributed by atoms with van der Waals surface area (Å²) in [5.74, 6) is -4.89. The number of carbonyl (C=O) groups is 1. The van der Waals surface area contributed by atoms with Crippen LogP contribution in [0.1, 0.15) is 103 Å². The summed E-state index contributed by atoms with van der Waals surface area (Å²) >= 11 is 7.23. The maximum atomic E-state index is 14.9. The third kappa shape index (κ3) is 10.3. The van der Waals surface area contributed by atoms with E-state index in [9.17, 15) is 36.4 Å². The summed E-state index contributed by atoms with van der Waals surface area (Å²) in [5.41, 5.74) is 12.7. The molecular weight excluding hydrogens is 892 g/mol. The molecule has 66 heavy (non-hydrogen) atoms. The molecule has 3 aromatic rings. The highest BCUT2D eigenvalue weighted by atomic mass is 35.5. The number of allylic oxidation sites excluding steroid dienone is 8. The van der Waals surface area contributed by atoms with Crippen molar-refractivity contribution in [3.8, 4) is 0 Å². The molecule has 1 aliphatic carbocycles. The molecule has 1 aromatic heterocycles. The van der Waals surface area contributed by atoms with Gasteiger partial charge in [-0.05, 0) is 87.3 Å². The smallest absolute Gasteiger partial charge is 0.351 e. The van der Waals surface area contributed by atoms with Gasteiger partial charge in [0.15, 0.2) is 11.8 Å². The lowest BCUT2D eigenvalue weighted by Gasteiger charge is -2.27. The van der Waals surface area contributed by atoms with Gasteiger partial charge in [0.25, 0.3) is 10.1 Å². The fourth-order valence-electron chi connectivity index (χ4n) is 9.56. The molecule has 0 bridgehead atoms.